The lowest BCUT2D eigenvalue weighted by Crippen LogP contribution is -2.52. The van der Waals surface area contributed by atoms with Gasteiger partial charge < -0.3 is 10.2 Å². The number of hydrogen-bond acceptors (Lipinski definition) is 3. The molecule has 4 nitrogen and oxygen atoms in total. The monoisotopic (exact) mass is 372 g/mol. The summed E-state index contributed by atoms with van der Waals surface area (Å²) in [5, 5.41) is 3.26. The maximum absolute atomic E-state index is 13.5. The van der Waals surface area contributed by atoms with Gasteiger partial charge >= 0.3 is 0 Å². The van der Waals surface area contributed by atoms with E-state index in [1.807, 2.05) is 47.9 Å². The lowest BCUT2D eigenvalue weighted by molar-refractivity contribution is -0.125. The molecule has 140 valence electrons. The van der Waals surface area contributed by atoms with Crippen molar-refractivity contribution in [2.24, 2.45) is 5.92 Å². The molecule has 0 radical (unpaired) electrons. The SMILES string of the molecule is Cc1ccccc1C(=O)N1C(C(=O)NC2CC2)CSC1C1CCCCC1. The molecule has 1 aromatic carbocycles. The fourth-order valence-corrected chi connectivity index (χ4v) is 5.89. The van der Waals surface area contributed by atoms with Crippen LogP contribution in [-0.4, -0.2) is 39.9 Å². The van der Waals surface area contributed by atoms with Crippen LogP contribution in [0.2, 0.25) is 0 Å². The lowest BCUT2D eigenvalue weighted by Gasteiger charge is -2.35. The number of aryl methyl sites for hydroxylation is 1. The molecule has 1 saturated heterocycles. The molecule has 3 fully saturated rings. The minimum absolute atomic E-state index is 0.0274. The minimum atomic E-state index is -0.334. The summed E-state index contributed by atoms with van der Waals surface area (Å²) < 4.78 is 0. The number of thioether (sulfide) groups is 1. The van der Waals surface area contributed by atoms with E-state index in [9.17, 15) is 9.59 Å². The van der Waals surface area contributed by atoms with Gasteiger partial charge in [0.2, 0.25) is 5.91 Å². The van der Waals surface area contributed by atoms with Crippen molar-refractivity contribution in [2.45, 2.75) is 69.3 Å². The second kappa shape index (κ2) is 7.63. The highest BCUT2D eigenvalue weighted by Crippen LogP contribution is 2.41. The second-order valence-corrected chi connectivity index (χ2v) is 9.10. The Bertz CT molecular complexity index is 682. The molecule has 5 heteroatoms. The van der Waals surface area contributed by atoms with Crippen LogP contribution in [0.25, 0.3) is 0 Å². The minimum Gasteiger partial charge on any atom is -0.352 e. The third-order valence-electron chi connectivity index (χ3n) is 5.92. The molecule has 0 aromatic heterocycles. The first-order valence-corrected chi connectivity index (χ1v) is 11.0. The van der Waals surface area contributed by atoms with Crippen LogP contribution in [0.3, 0.4) is 0 Å². The normalized spacial score (nSPS) is 26.7. The quantitative estimate of drug-likeness (QED) is 0.876. The van der Waals surface area contributed by atoms with Crippen molar-refractivity contribution < 1.29 is 9.59 Å². The van der Waals surface area contributed by atoms with E-state index in [0.29, 0.717) is 12.0 Å². The molecule has 2 aliphatic carbocycles. The molecule has 3 aliphatic rings. The Kier molecular flexibility index (Phi) is 5.25. The van der Waals surface area contributed by atoms with Crippen LogP contribution in [-0.2, 0) is 4.79 Å². The number of rotatable bonds is 4. The van der Waals surface area contributed by atoms with Crippen molar-refractivity contribution in [3.63, 3.8) is 0 Å². The van der Waals surface area contributed by atoms with Crippen LogP contribution in [0, 0.1) is 12.8 Å². The fraction of sp³-hybridized carbons (Fsp3) is 0.619. The molecule has 2 saturated carbocycles. The Morgan fingerprint density at radius 3 is 2.50 bits per heavy atom. The molecule has 26 heavy (non-hydrogen) atoms. The summed E-state index contributed by atoms with van der Waals surface area (Å²) in [6.07, 6.45) is 8.27. The molecular weight excluding hydrogens is 344 g/mol. The van der Waals surface area contributed by atoms with E-state index < -0.39 is 0 Å². The lowest BCUT2D eigenvalue weighted by atomic mass is 9.88. The average molecular weight is 373 g/mol. The van der Waals surface area contributed by atoms with Gasteiger partial charge in [-0.3, -0.25) is 9.59 Å². The highest BCUT2D eigenvalue weighted by atomic mass is 32.2. The summed E-state index contributed by atoms with van der Waals surface area (Å²) in [6.45, 7) is 1.98. The summed E-state index contributed by atoms with van der Waals surface area (Å²) in [7, 11) is 0. The first-order valence-electron chi connectivity index (χ1n) is 9.95. The molecule has 1 aromatic rings. The van der Waals surface area contributed by atoms with E-state index in [1.165, 1.54) is 32.1 Å². The maximum atomic E-state index is 13.5. The van der Waals surface area contributed by atoms with Crippen LogP contribution in [0.5, 0.6) is 0 Å². The molecule has 1 aliphatic heterocycles. The third kappa shape index (κ3) is 3.64. The molecule has 2 unspecified atom stereocenters. The van der Waals surface area contributed by atoms with E-state index in [1.54, 1.807) is 0 Å². The zero-order valence-corrected chi connectivity index (χ0v) is 16.3. The number of hydrogen-bond donors (Lipinski definition) is 1. The molecule has 2 amide bonds. The van der Waals surface area contributed by atoms with Gasteiger partial charge in [-0.1, -0.05) is 37.5 Å². The van der Waals surface area contributed by atoms with E-state index in [2.05, 4.69) is 5.32 Å². The summed E-state index contributed by atoms with van der Waals surface area (Å²) in [4.78, 5) is 28.2. The van der Waals surface area contributed by atoms with Gasteiger partial charge in [0.1, 0.15) is 6.04 Å². The van der Waals surface area contributed by atoms with Gasteiger partial charge in [0, 0.05) is 17.4 Å². The van der Waals surface area contributed by atoms with Crippen molar-refractivity contribution in [1.29, 1.82) is 0 Å². The predicted molar refractivity (Wildman–Crippen MR) is 105 cm³/mol. The topological polar surface area (TPSA) is 49.4 Å². The van der Waals surface area contributed by atoms with Crippen LogP contribution in [0.1, 0.15) is 60.9 Å². The van der Waals surface area contributed by atoms with Crippen LogP contribution >= 0.6 is 11.8 Å². The number of nitrogens with one attached hydrogen (secondary N) is 1. The highest BCUT2D eigenvalue weighted by Gasteiger charge is 2.46. The number of nitrogens with zero attached hydrogens (tertiary/aromatic N) is 1. The summed E-state index contributed by atoms with van der Waals surface area (Å²) in [5.74, 6) is 1.30. The van der Waals surface area contributed by atoms with Crippen LogP contribution in [0.4, 0.5) is 0 Å². The molecule has 0 bridgehead atoms. The van der Waals surface area contributed by atoms with E-state index in [4.69, 9.17) is 0 Å². The van der Waals surface area contributed by atoms with Crippen LogP contribution in [0.15, 0.2) is 24.3 Å². The molecule has 1 heterocycles. The van der Waals surface area contributed by atoms with E-state index >= 15 is 0 Å². The van der Waals surface area contributed by atoms with Crippen molar-refractivity contribution in [3.05, 3.63) is 35.4 Å². The highest BCUT2D eigenvalue weighted by molar-refractivity contribution is 8.00. The molecule has 0 spiro atoms. The van der Waals surface area contributed by atoms with E-state index in [-0.39, 0.29) is 23.2 Å². The van der Waals surface area contributed by atoms with Crippen molar-refractivity contribution in [3.8, 4) is 0 Å². The average Bonchev–Trinajstić information content (AvgIpc) is 3.36. The first kappa shape index (κ1) is 17.9. The van der Waals surface area contributed by atoms with Crippen LogP contribution < -0.4 is 5.32 Å². The van der Waals surface area contributed by atoms with Gasteiger partial charge in [-0.05, 0) is 50.2 Å². The van der Waals surface area contributed by atoms with Gasteiger partial charge in [0.05, 0.1) is 5.37 Å². The Morgan fingerprint density at radius 2 is 1.81 bits per heavy atom. The fourth-order valence-electron chi connectivity index (χ4n) is 4.25. The molecular formula is C21H28N2O2S. The Balaban J connectivity index is 1.61. The van der Waals surface area contributed by atoms with Gasteiger partial charge in [-0.25, -0.2) is 0 Å². The van der Waals surface area contributed by atoms with Gasteiger partial charge in [0.25, 0.3) is 5.91 Å². The number of carbonyl (C=O) groups is 2. The first-order chi connectivity index (χ1) is 12.6. The Hall–Kier alpha value is -1.49. The Morgan fingerprint density at radius 1 is 1.08 bits per heavy atom. The van der Waals surface area contributed by atoms with Crippen molar-refractivity contribution in [2.75, 3.05) is 5.75 Å². The van der Waals surface area contributed by atoms with E-state index in [0.717, 1.165) is 29.7 Å². The standard InChI is InChI=1S/C21H28N2O2S/c1-14-7-5-6-10-17(14)20(25)23-18(19(24)22-16-11-12-16)13-26-21(23)15-8-3-2-4-9-15/h5-7,10,15-16,18,21H,2-4,8-9,11-13H2,1H3,(H,22,24). The smallest absolute Gasteiger partial charge is 0.255 e. The summed E-state index contributed by atoms with van der Waals surface area (Å²) in [6, 6.07) is 7.75. The second-order valence-electron chi connectivity index (χ2n) is 7.95. The van der Waals surface area contributed by atoms with Crippen molar-refractivity contribution in [1.82, 2.24) is 10.2 Å². The molecule has 1 N–H and O–H groups in total. The number of amides is 2. The Labute approximate surface area is 160 Å². The summed E-state index contributed by atoms with van der Waals surface area (Å²) in [5.41, 5.74) is 1.72. The molecule has 4 rings (SSSR count). The van der Waals surface area contributed by atoms with Gasteiger partial charge in [-0.15, -0.1) is 11.8 Å². The predicted octanol–water partition coefficient (Wildman–Crippen LogP) is 3.74. The third-order valence-corrected chi connectivity index (χ3v) is 7.39. The van der Waals surface area contributed by atoms with Gasteiger partial charge in [0.15, 0.2) is 0 Å². The largest absolute Gasteiger partial charge is 0.352 e. The number of carbonyl (C=O) groups excluding carboxylic acids is 2. The number of benzene rings is 1. The molecule has 2 atom stereocenters. The van der Waals surface area contributed by atoms with Crippen molar-refractivity contribution >= 4 is 23.6 Å². The zero-order valence-electron chi connectivity index (χ0n) is 15.4. The maximum Gasteiger partial charge on any atom is 0.255 e. The summed E-state index contributed by atoms with van der Waals surface area (Å²) >= 11 is 1.81. The zero-order chi connectivity index (χ0) is 18.1. The van der Waals surface area contributed by atoms with Gasteiger partial charge in [-0.2, -0.15) is 0 Å².